The Hall–Kier alpha value is -2.39. The number of rotatable bonds is 7. The van der Waals surface area contributed by atoms with Crippen LogP contribution >= 0.6 is 12.2 Å². The molecule has 9 heteroatoms. The normalized spacial score (nSPS) is 14.2. The van der Waals surface area contributed by atoms with Crippen LogP contribution in [-0.4, -0.2) is 68.7 Å². The van der Waals surface area contributed by atoms with Crippen molar-refractivity contribution in [2.24, 2.45) is 5.10 Å². The van der Waals surface area contributed by atoms with Crippen LogP contribution in [0.25, 0.3) is 0 Å². The number of carbonyl (C=O) groups excluding carboxylic acids is 1. The minimum atomic E-state index is -0.0675. The van der Waals surface area contributed by atoms with Crippen molar-refractivity contribution in [1.82, 2.24) is 15.6 Å². The largest absolute Gasteiger partial charge is 0.493 e. The molecule has 0 saturated carbocycles. The number of nitrogens with zero attached hydrogens (tertiary/aromatic N) is 2. The Labute approximate surface area is 158 Å². The lowest BCUT2D eigenvalue weighted by Crippen LogP contribution is -2.43. The molecule has 142 valence electrons. The summed E-state index contributed by atoms with van der Waals surface area (Å²) >= 11 is 5.03. The van der Waals surface area contributed by atoms with E-state index < -0.39 is 0 Å². The first-order valence-corrected chi connectivity index (χ1v) is 8.78. The first-order chi connectivity index (χ1) is 12.6. The van der Waals surface area contributed by atoms with Crippen LogP contribution in [0, 0.1) is 0 Å². The molecule has 1 aromatic carbocycles. The minimum absolute atomic E-state index is 0.0394. The Bertz CT molecular complexity index is 648. The zero-order valence-electron chi connectivity index (χ0n) is 15.0. The summed E-state index contributed by atoms with van der Waals surface area (Å²) in [7, 11) is 1.55. The van der Waals surface area contributed by atoms with Gasteiger partial charge in [-0.25, -0.2) is 0 Å². The van der Waals surface area contributed by atoms with E-state index in [4.69, 9.17) is 26.4 Å². The zero-order valence-corrected chi connectivity index (χ0v) is 15.8. The summed E-state index contributed by atoms with van der Waals surface area (Å²) < 4.78 is 16.2. The van der Waals surface area contributed by atoms with E-state index in [1.54, 1.807) is 30.4 Å². The number of hydrogen-bond acceptors (Lipinski definition) is 6. The Kier molecular flexibility index (Phi) is 8.10. The quantitative estimate of drug-likeness (QED) is 0.410. The molecule has 0 bridgehead atoms. The van der Waals surface area contributed by atoms with Crippen molar-refractivity contribution in [1.29, 1.82) is 0 Å². The van der Waals surface area contributed by atoms with Gasteiger partial charge < -0.3 is 24.4 Å². The summed E-state index contributed by atoms with van der Waals surface area (Å²) in [5.41, 5.74) is 3.52. The van der Waals surface area contributed by atoms with E-state index in [0.717, 1.165) is 12.1 Å². The fourth-order valence-corrected chi connectivity index (χ4v) is 2.49. The maximum absolute atomic E-state index is 12.2. The molecular formula is C17H24N4O4S. The second kappa shape index (κ2) is 10.6. The highest BCUT2D eigenvalue weighted by Crippen LogP contribution is 2.27. The van der Waals surface area contributed by atoms with Gasteiger partial charge in [0, 0.05) is 19.6 Å². The van der Waals surface area contributed by atoms with Crippen LogP contribution in [0.5, 0.6) is 11.5 Å². The molecule has 0 unspecified atom stereocenters. The molecule has 1 heterocycles. The predicted octanol–water partition coefficient (Wildman–Crippen LogP) is 0.751. The summed E-state index contributed by atoms with van der Waals surface area (Å²) in [5, 5.41) is 7.44. The summed E-state index contributed by atoms with van der Waals surface area (Å²) in [6, 6.07) is 5.34. The fraction of sp³-hybridized carbons (Fsp3) is 0.471. The fourth-order valence-electron chi connectivity index (χ4n) is 2.29. The van der Waals surface area contributed by atoms with Crippen LogP contribution in [0.4, 0.5) is 0 Å². The molecule has 0 aromatic heterocycles. The topological polar surface area (TPSA) is 84.4 Å². The van der Waals surface area contributed by atoms with Gasteiger partial charge in [0.05, 0.1) is 26.5 Å². The standard InChI is InChI=1S/C17H24N4O4S/c1-3-18-17(26)20-19-11-13-4-5-14(15(10-13)23-2)25-12-16(22)21-6-8-24-9-7-21/h4-5,10-11H,3,6-9,12H2,1-2H3,(H2,18,20,26)/b19-11+. The number of thiocarbonyl (C=S) groups is 1. The molecule has 8 nitrogen and oxygen atoms in total. The Balaban J connectivity index is 1.91. The SMILES string of the molecule is CCNC(=S)N/N=C/c1ccc(OCC(=O)N2CCOCC2)c(OC)c1. The van der Waals surface area contributed by atoms with Crippen molar-refractivity contribution in [2.75, 3.05) is 46.6 Å². The average molecular weight is 380 g/mol. The van der Waals surface area contributed by atoms with Crippen LogP contribution in [0.15, 0.2) is 23.3 Å². The molecule has 0 atom stereocenters. The van der Waals surface area contributed by atoms with Gasteiger partial charge in [-0.05, 0) is 42.9 Å². The highest BCUT2D eigenvalue weighted by molar-refractivity contribution is 7.80. The van der Waals surface area contributed by atoms with Gasteiger partial charge in [0.1, 0.15) is 0 Å². The summed E-state index contributed by atoms with van der Waals surface area (Å²) in [5.74, 6) is 0.961. The third-order valence-corrected chi connectivity index (χ3v) is 3.86. The van der Waals surface area contributed by atoms with Gasteiger partial charge >= 0.3 is 0 Å². The molecule has 2 N–H and O–H groups in total. The summed E-state index contributed by atoms with van der Waals surface area (Å²) in [6.45, 7) is 4.95. The number of nitrogens with one attached hydrogen (secondary N) is 2. The van der Waals surface area contributed by atoms with E-state index in [9.17, 15) is 4.79 Å². The molecule has 1 aromatic rings. The maximum Gasteiger partial charge on any atom is 0.260 e. The number of carbonyl (C=O) groups is 1. The van der Waals surface area contributed by atoms with Gasteiger partial charge in [-0.15, -0.1) is 0 Å². The number of benzene rings is 1. The van der Waals surface area contributed by atoms with Gasteiger partial charge in [0.15, 0.2) is 23.2 Å². The number of amides is 1. The second-order valence-electron chi connectivity index (χ2n) is 5.42. The highest BCUT2D eigenvalue weighted by Gasteiger charge is 2.17. The monoisotopic (exact) mass is 380 g/mol. The Morgan fingerprint density at radius 3 is 2.85 bits per heavy atom. The number of ether oxygens (including phenoxy) is 3. The van der Waals surface area contributed by atoms with E-state index in [1.807, 2.05) is 13.0 Å². The highest BCUT2D eigenvalue weighted by atomic mass is 32.1. The van der Waals surface area contributed by atoms with Crippen molar-refractivity contribution in [3.8, 4) is 11.5 Å². The third-order valence-electron chi connectivity index (χ3n) is 3.62. The molecule has 0 spiro atoms. The lowest BCUT2D eigenvalue weighted by molar-refractivity contribution is -0.137. The summed E-state index contributed by atoms with van der Waals surface area (Å²) in [4.78, 5) is 13.9. The van der Waals surface area contributed by atoms with Gasteiger partial charge in [0.2, 0.25) is 0 Å². The van der Waals surface area contributed by atoms with Crippen LogP contribution in [0.1, 0.15) is 12.5 Å². The van der Waals surface area contributed by atoms with E-state index in [-0.39, 0.29) is 12.5 Å². The Morgan fingerprint density at radius 2 is 2.15 bits per heavy atom. The predicted molar refractivity (Wildman–Crippen MR) is 103 cm³/mol. The Morgan fingerprint density at radius 1 is 1.38 bits per heavy atom. The first-order valence-electron chi connectivity index (χ1n) is 8.37. The van der Waals surface area contributed by atoms with Crippen LogP contribution in [0.3, 0.4) is 0 Å². The molecule has 26 heavy (non-hydrogen) atoms. The van der Waals surface area contributed by atoms with E-state index >= 15 is 0 Å². The van der Waals surface area contributed by atoms with Crippen LogP contribution in [0.2, 0.25) is 0 Å². The second-order valence-corrected chi connectivity index (χ2v) is 5.83. The molecule has 1 aliphatic heterocycles. The molecule has 2 rings (SSSR count). The van der Waals surface area contributed by atoms with Crippen molar-refractivity contribution < 1.29 is 19.0 Å². The van der Waals surface area contributed by atoms with E-state index in [0.29, 0.717) is 42.9 Å². The summed E-state index contributed by atoms with van der Waals surface area (Å²) in [6.07, 6.45) is 1.62. The lowest BCUT2D eigenvalue weighted by Gasteiger charge is -2.26. The molecule has 1 fully saturated rings. The molecule has 0 radical (unpaired) electrons. The van der Waals surface area contributed by atoms with Gasteiger partial charge in [-0.1, -0.05) is 0 Å². The molecular weight excluding hydrogens is 356 g/mol. The number of methoxy groups -OCH3 is 1. The van der Waals surface area contributed by atoms with Gasteiger partial charge in [0.25, 0.3) is 5.91 Å². The molecule has 0 aliphatic carbocycles. The molecule has 1 aliphatic rings. The average Bonchev–Trinajstić information content (AvgIpc) is 2.67. The third kappa shape index (κ3) is 6.16. The molecule has 1 amide bonds. The van der Waals surface area contributed by atoms with E-state index in [2.05, 4.69) is 15.8 Å². The zero-order chi connectivity index (χ0) is 18.8. The van der Waals surface area contributed by atoms with Crippen molar-refractivity contribution in [3.05, 3.63) is 23.8 Å². The van der Waals surface area contributed by atoms with Gasteiger partial charge in [-0.3, -0.25) is 10.2 Å². The smallest absolute Gasteiger partial charge is 0.260 e. The minimum Gasteiger partial charge on any atom is -0.493 e. The van der Waals surface area contributed by atoms with E-state index in [1.165, 1.54) is 0 Å². The number of hydrogen-bond donors (Lipinski definition) is 2. The van der Waals surface area contributed by atoms with Crippen molar-refractivity contribution in [2.45, 2.75) is 6.92 Å². The van der Waals surface area contributed by atoms with Crippen molar-refractivity contribution >= 4 is 29.5 Å². The molecule has 1 saturated heterocycles. The van der Waals surface area contributed by atoms with Crippen LogP contribution < -0.4 is 20.2 Å². The number of hydrazone groups is 1. The lowest BCUT2D eigenvalue weighted by atomic mass is 10.2. The first kappa shape index (κ1) is 19.9. The van der Waals surface area contributed by atoms with Gasteiger partial charge in [-0.2, -0.15) is 5.10 Å². The maximum atomic E-state index is 12.2. The van der Waals surface area contributed by atoms with Crippen molar-refractivity contribution in [3.63, 3.8) is 0 Å². The van der Waals surface area contributed by atoms with Crippen LogP contribution in [-0.2, 0) is 9.53 Å². The number of morpholine rings is 1.